The first kappa shape index (κ1) is 19.3. The molecule has 4 N–H and O–H groups in total. The van der Waals surface area contributed by atoms with Crippen LogP contribution in [0.15, 0.2) is 53.7 Å². The van der Waals surface area contributed by atoms with Crippen molar-refractivity contribution in [1.29, 1.82) is 0 Å². The number of rotatable bonds is 7. The fourth-order valence-electron chi connectivity index (χ4n) is 2.86. The molecule has 1 unspecified atom stereocenters. The molecular weight excluding hydrogens is 360 g/mol. The molecule has 0 radical (unpaired) electrons. The van der Waals surface area contributed by atoms with E-state index < -0.39 is 16.8 Å². The number of amides is 1. The van der Waals surface area contributed by atoms with Crippen LogP contribution in [0.1, 0.15) is 25.8 Å². The summed E-state index contributed by atoms with van der Waals surface area (Å²) in [7, 11) is -1.36. The SMILES string of the molecule is CC(C)C[C@H](N)C(=O)Nc1ccccc1CS(=O)c1nc2ccccc2[nH]1. The molecule has 6 nitrogen and oxygen atoms in total. The number of fused-ring (bicyclic) bond motifs is 1. The number of anilines is 1. The van der Waals surface area contributed by atoms with E-state index in [1.807, 2.05) is 56.3 Å². The lowest BCUT2D eigenvalue weighted by Crippen LogP contribution is -2.36. The summed E-state index contributed by atoms with van der Waals surface area (Å²) >= 11 is 0. The van der Waals surface area contributed by atoms with Crippen LogP contribution in [-0.2, 0) is 21.3 Å². The van der Waals surface area contributed by atoms with Crippen LogP contribution in [0, 0.1) is 5.92 Å². The molecule has 0 bridgehead atoms. The molecule has 0 aliphatic carbocycles. The van der Waals surface area contributed by atoms with E-state index in [9.17, 15) is 9.00 Å². The molecule has 27 heavy (non-hydrogen) atoms. The van der Waals surface area contributed by atoms with Crippen LogP contribution in [0.4, 0.5) is 5.69 Å². The van der Waals surface area contributed by atoms with Gasteiger partial charge < -0.3 is 16.0 Å². The Bertz CT molecular complexity index is 934. The number of nitrogens with one attached hydrogen (secondary N) is 2. The third kappa shape index (κ3) is 4.81. The zero-order chi connectivity index (χ0) is 19.4. The van der Waals surface area contributed by atoms with Crippen LogP contribution >= 0.6 is 0 Å². The maximum absolute atomic E-state index is 12.8. The van der Waals surface area contributed by atoms with Gasteiger partial charge in [-0.05, 0) is 36.1 Å². The van der Waals surface area contributed by atoms with Crippen LogP contribution in [0.25, 0.3) is 11.0 Å². The van der Waals surface area contributed by atoms with E-state index in [0.29, 0.717) is 23.2 Å². The molecule has 3 aromatic rings. The Balaban J connectivity index is 1.75. The van der Waals surface area contributed by atoms with Crippen LogP contribution in [0.2, 0.25) is 0 Å². The van der Waals surface area contributed by atoms with Crippen molar-refractivity contribution in [3.8, 4) is 0 Å². The number of aromatic amines is 1. The molecule has 0 spiro atoms. The predicted molar refractivity (Wildman–Crippen MR) is 109 cm³/mol. The topological polar surface area (TPSA) is 101 Å². The number of para-hydroxylation sites is 3. The number of aromatic nitrogens is 2. The van der Waals surface area contributed by atoms with Gasteiger partial charge in [-0.2, -0.15) is 0 Å². The maximum Gasteiger partial charge on any atom is 0.241 e. The van der Waals surface area contributed by atoms with E-state index in [2.05, 4.69) is 15.3 Å². The monoisotopic (exact) mass is 384 g/mol. The van der Waals surface area contributed by atoms with Gasteiger partial charge in [-0.25, -0.2) is 4.98 Å². The highest BCUT2D eigenvalue weighted by molar-refractivity contribution is 7.84. The maximum atomic E-state index is 12.8. The quantitative estimate of drug-likeness (QED) is 0.582. The molecule has 2 aromatic carbocycles. The van der Waals surface area contributed by atoms with Gasteiger partial charge in [-0.1, -0.05) is 44.2 Å². The molecule has 1 aromatic heterocycles. The van der Waals surface area contributed by atoms with Crippen molar-refractivity contribution in [2.24, 2.45) is 11.7 Å². The van der Waals surface area contributed by atoms with E-state index in [-0.39, 0.29) is 11.7 Å². The van der Waals surface area contributed by atoms with Gasteiger partial charge >= 0.3 is 0 Å². The van der Waals surface area contributed by atoms with Gasteiger partial charge in [0.25, 0.3) is 0 Å². The minimum Gasteiger partial charge on any atom is -0.331 e. The number of nitrogens with zero attached hydrogens (tertiary/aromatic N) is 1. The Morgan fingerprint density at radius 2 is 1.89 bits per heavy atom. The summed E-state index contributed by atoms with van der Waals surface area (Å²) in [6.07, 6.45) is 0.610. The molecule has 0 aliphatic rings. The van der Waals surface area contributed by atoms with Crippen molar-refractivity contribution in [1.82, 2.24) is 9.97 Å². The molecule has 0 aliphatic heterocycles. The van der Waals surface area contributed by atoms with Gasteiger partial charge in [0.05, 0.1) is 33.6 Å². The van der Waals surface area contributed by atoms with Crippen molar-refractivity contribution >= 4 is 33.4 Å². The Morgan fingerprint density at radius 3 is 2.63 bits per heavy atom. The zero-order valence-electron chi connectivity index (χ0n) is 15.4. The average Bonchev–Trinajstić information content (AvgIpc) is 3.07. The molecule has 0 saturated carbocycles. The summed E-state index contributed by atoms with van der Waals surface area (Å²) in [6.45, 7) is 4.05. The van der Waals surface area contributed by atoms with Crippen molar-refractivity contribution in [3.63, 3.8) is 0 Å². The van der Waals surface area contributed by atoms with Crippen LogP contribution in [-0.4, -0.2) is 26.1 Å². The number of carbonyl (C=O) groups excluding carboxylic acids is 1. The molecule has 142 valence electrons. The minimum absolute atomic E-state index is 0.231. The lowest BCUT2D eigenvalue weighted by atomic mass is 10.0. The lowest BCUT2D eigenvalue weighted by molar-refractivity contribution is -0.117. The first-order valence-electron chi connectivity index (χ1n) is 8.91. The van der Waals surface area contributed by atoms with Crippen LogP contribution < -0.4 is 11.1 Å². The molecule has 1 amide bonds. The van der Waals surface area contributed by atoms with Gasteiger partial charge in [0, 0.05) is 5.69 Å². The lowest BCUT2D eigenvalue weighted by Gasteiger charge is -2.16. The highest BCUT2D eigenvalue weighted by Gasteiger charge is 2.18. The third-order valence-electron chi connectivity index (χ3n) is 4.21. The van der Waals surface area contributed by atoms with Gasteiger partial charge in [0.2, 0.25) is 5.91 Å². The molecular formula is C20H24N4O2S. The Morgan fingerprint density at radius 1 is 1.19 bits per heavy atom. The Kier molecular flexibility index (Phi) is 6.03. The third-order valence-corrected chi connectivity index (χ3v) is 5.41. The highest BCUT2D eigenvalue weighted by Crippen LogP contribution is 2.21. The predicted octanol–water partition coefficient (Wildman–Crippen LogP) is 3.18. The second-order valence-corrected chi connectivity index (χ2v) is 8.30. The summed E-state index contributed by atoms with van der Waals surface area (Å²) in [5, 5.41) is 3.29. The van der Waals surface area contributed by atoms with E-state index >= 15 is 0 Å². The van der Waals surface area contributed by atoms with E-state index in [1.54, 1.807) is 6.07 Å². The fraction of sp³-hybridized carbons (Fsp3) is 0.300. The molecule has 1 heterocycles. The number of imidazole rings is 1. The molecule has 0 fully saturated rings. The fourth-order valence-corrected chi connectivity index (χ4v) is 3.95. The average molecular weight is 385 g/mol. The minimum atomic E-state index is -1.36. The van der Waals surface area contributed by atoms with E-state index in [4.69, 9.17) is 5.73 Å². The van der Waals surface area contributed by atoms with Gasteiger partial charge in [-0.3, -0.25) is 9.00 Å². The molecule has 0 saturated heterocycles. The first-order chi connectivity index (χ1) is 12.9. The van der Waals surface area contributed by atoms with Crippen LogP contribution in [0.3, 0.4) is 0 Å². The van der Waals surface area contributed by atoms with Crippen molar-refractivity contribution in [2.75, 3.05) is 5.32 Å². The Hall–Kier alpha value is -2.51. The van der Waals surface area contributed by atoms with E-state index in [1.165, 1.54) is 0 Å². The number of carbonyl (C=O) groups is 1. The van der Waals surface area contributed by atoms with E-state index in [0.717, 1.165) is 16.6 Å². The highest BCUT2D eigenvalue weighted by atomic mass is 32.2. The van der Waals surface area contributed by atoms with Crippen molar-refractivity contribution < 1.29 is 9.00 Å². The zero-order valence-corrected chi connectivity index (χ0v) is 16.3. The number of hydrogen-bond donors (Lipinski definition) is 3. The largest absolute Gasteiger partial charge is 0.331 e. The molecule has 7 heteroatoms. The standard InChI is InChI=1S/C20H24N4O2S/c1-13(2)11-15(21)19(25)22-16-8-4-3-7-14(16)12-27(26)20-23-17-9-5-6-10-18(17)24-20/h3-10,13,15H,11-12,21H2,1-2H3,(H,22,25)(H,23,24)/t15-,27?/m0/s1. The number of nitrogens with two attached hydrogens (primary N) is 1. The Labute approximate surface area is 161 Å². The smallest absolute Gasteiger partial charge is 0.241 e. The van der Waals surface area contributed by atoms with Gasteiger partial charge in [-0.15, -0.1) is 0 Å². The summed E-state index contributed by atoms with van der Waals surface area (Å²) in [6, 6.07) is 14.3. The van der Waals surface area contributed by atoms with Crippen molar-refractivity contribution in [2.45, 2.75) is 37.2 Å². The first-order valence-corrected chi connectivity index (χ1v) is 10.2. The molecule has 2 atom stereocenters. The summed E-state index contributed by atoms with van der Waals surface area (Å²) in [4.78, 5) is 19.8. The summed E-state index contributed by atoms with van der Waals surface area (Å²) in [5.41, 5.74) is 9.00. The van der Waals surface area contributed by atoms with Gasteiger partial charge in [0.1, 0.15) is 0 Å². The second-order valence-electron chi connectivity index (χ2n) is 6.93. The van der Waals surface area contributed by atoms with Gasteiger partial charge in [0.15, 0.2) is 5.16 Å². The van der Waals surface area contributed by atoms with Crippen molar-refractivity contribution in [3.05, 3.63) is 54.1 Å². The summed E-state index contributed by atoms with van der Waals surface area (Å²) in [5.74, 6) is 0.350. The number of hydrogen-bond acceptors (Lipinski definition) is 4. The molecule has 3 rings (SSSR count). The number of H-pyrrole nitrogens is 1. The summed E-state index contributed by atoms with van der Waals surface area (Å²) < 4.78 is 12.8. The number of benzene rings is 2. The van der Waals surface area contributed by atoms with Crippen LogP contribution in [0.5, 0.6) is 0 Å². The second kappa shape index (κ2) is 8.45. The normalized spacial score (nSPS) is 13.6.